The third-order valence-electron chi connectivity index (χ3n) is 6.17. The van der Waals surface area contributed by atoms with Gasteiger partial charge in [0, 0.05) is 27.4 Å². The number of carbonyl (C=O) groups is 3. The number of rotatable bonds is 13. The van der Waals surface area contributed by atoms with Gasteiger partial charge in [-0.25, -0.2) is 0 Å². The molecule has 0 aliphatic rings. The first-order valence-electron chi connectivity index (χ1n) is 13.8. The van der Waals surface area contributed by atoms with Crippen molar-refractivity contribution in [3.63, 3.8) is 0 Å². The van der Waals surface area contributed by atoms with Crippen molar-refractivity contribution in [2.45, 2.75) is 11.8 Å². The van der Waals surface area contributed by atoms with Crippen LogP contribution in [0.25, 0.3) is 6.08 Å². The standard InChI is InChI=1S/C34H33N3O6S/c1-4-43-27-18-16-25(17-19-27)35-31(38)22-44-28-14-9-13-26(21-28)36-34(40)29(37-33(39)23-10-6-5-7-11-23)20-24-12-8-15-30(41-2)32(24)42-3/h5-21H,4,22H2,1-3H3,(H,35,38)(H,36,40)(H,37,39)/b29-20+. The topological polar surface area (TPSA) is 115 Å². The number of carbonyl (C=O) groups excluding carboxylic acids is 3. The van der Waals surface area contributed by atoms with Crippen molar-refractivity contribution < 1.29 is 28.6 Å². The fraction of sp³-hybridized carbons (Fsp3) is 0.147. The van der Waals surface area contributed by atoms with E-state index >= 15 is 0 Å². The number of methoxy groups -OCH3 is 2. The number of amides is 3. The Kier molecular flexibility index (Phi) is 11.4. The summed E-state index contributed by atoms with van der Waals surface area (Å²) in [5, 5.41) is 8.44. The molecule has 0 bridgehead atoms. The van der Waals surface area contributed by atoms with Gasteiger partial charge in [-0.3, -0.25) is 14.4 Å². The molecule has 3 amide bonds. The number of anilines is 2. The van der Waals surface area contributed by atoms with Gasteiger partial charge in [-0.2, -0.15) is 0 Å². The lowest BCUT2D eigenvalue weighted by atomic mass is 10.1. The van der Waals surface area contributed by atoms with Crippen LogP contribution in [0.4, 0.5) is 11.4 Å². The molecular weight excluding hydrogens is 578 g/mol. The summed E-state index contributed by atoms with van der Waals surface area (Å²) in [6.45, 7) is 2.48. The van der Waals surface area contributed by atoms with Crippen LogP contribution in [0, 0.1) is 0 Å². The Morgan fingerprint density at radius 3 is 2.25 bits per heavy atom. The predicted octanol–water partition coefficient (Wildman–Crippen LogP) is 6.24. The molecule has 10 heteroatoms. The van der Waals surface area contributed by atoms with Crippen molar-refractivity contribution in [2.75, 3.05) is 37.2 Å². The maximum absolute atomic E-state index is 13.5. The van der Waals surface area contributed by atoms with Crippen LogP contribution in [0.3, 0.4) is 0 Å². The molecule has 0 atom stereocenters. The SMILES string of the molecule is CCOc1ccc(NC(=O)CSc2cccc(NC(=O)/C(=C\c3cccc(OC)c3OC)NC(=O)c3ccccc3)c2)cc1. The smallest absolute Gasteiger partial charge is 0.272 e. The molecule has 0 unspecified atom stereocenters. The number of ether oxygens (including phenoxy) is 3. The maximum atomic E-state index is 13.5. The lowest BCUT2D eigenvalue weighted by Crippen LogP contribution is -2.30. The molecule has 4 rings (SSSR count). The molecule has 4 aromatic rings. The minimum absolute atomic E-state index is 0.00167. The van der Waals surface area contributed by atoms with Crippen LogP contribution in [0.15, 0.2) is 108 Å². The van der Waals surface area contributed by atoms with E-state index in [9.17, 15) is 14.4 Å². The van der Waals surface area contributed by atoms with Crippen molar-refractivity contribution >= 4 is 46.9 Å². The third-order valence-corrected chi connectivity index (χ3v) is 7.17. The van der Waals surface area contributed by atoms with E-state index in [1.807, 2.05) is 13.0 Å². The highest BCUT2D eigenvalue weighted by Crippen LogP contribution is 2.32. The Bertz CT molecular complexity index is 1620. The van der Waals surface area contributed by atoms with Crippen LogP contribution in [-0.2, 0) is 9.59 Å². The summed E-state index contributed by atoms with van der Waals surface area (Å²) in [5.41, 5.74) is 2.09. The van der Waals surface area contributed by atoms with E-state index in [4.69, 9.17) is 14.2 Å². The Morgan fingerprint density at radius 2 is 1.55 bits per heavy atom. The van der Waals surface area contributed by atoms with Gasteiger partial charge in [0.1, 0.15) is 11.4 Å². The largest absolute Gasteiger partial charge is 0.494 e. The van der Waals surface area contributed by atoms with Crippen LogP contribution >= 0.6 is 11.8 Å². The van der Waals surface area contributed by atoms with E-state index in [0.29, 0.717) is 40.6 Å². The number of hydrogen-bond donors (Lipinski definition) is 3. The van der Waals surface area contributed by atoms with Crippen molar-refractivity contribution in [2.24, 2.45) is 0 Å². The van der Waals surface area contributed by atoms with Crippen LogP contribution in [0.2, 0.25) is 0 Å². The number of nitrogens with one attached hydrogen (secondary N) is 3. The minimum atomic E-state index is -0.547. The second-order valence-electron chi connectivity index (χ2n) is 9.24. The van der Waals surface area contributed by atoms with Crippen molar-refractivity contribution in [1.29, 1.82) is 0 Å². The van der Waals surface area contributed by atoms with Gasteiger partial charge in [-0.15, -0.1) is 11.8 Å². The average Bonchev–Trinajstić information content (AvgIpc) is 3.05. The number of para-hydroxylation sites is 1. The highest BCUT2D eigenvalue weighted by Gasteiger charge is 2.17. The summed E-state index contributed by atoms with van der Waals surface area (Å²) in [6, 6.07) is 28.1. The summed E-state index contributed by atoms with van der Waals surface area (Å²) < 4.78 is 16.3. The first-order chi connectivity index (χ1) is 21.4. The molecule has 0 heterocycles. The van der Waals surface area contributed by atoms with E-state index in [1.165, 1.54) is 32.1 Å². The molecular formula is C34H33N3O6S. The van der Waals surface area contributed by atoms with Crippen LogP contribution in [-0.4, -0.2) is 44.3 Å². The van der Waals surface area contributed by atoms with Crippen molar-refractivity contribution in [3.8, 4) is 17.2 Å². The monoisotopic (exact) mass is 611 g/mol. The fourth-order valence-corrected chi connectivity index (χ4v) is 4.89. The first kappa shape index (κ1) is 31.7. The summed E-state index contributed by atoms with van der Waals surface area (Å²) in [5.74, 6) is 0.626. The van der Waals surface area contributed by atoms with Gasteiger partial charge in [0.25, 0.3) is 11.8 Å². The van der Waals surface area contributed by atoms with Gasteiger partial charge in [0.15, 0.2) is 11.5 Å². The molecule has 44 heavy (non-hydrogen) atoms. The van der Waals surface area contributed by atoms with E-state index in [1.54, 1.807) is 91.0 Å². The zero-order chi connectivity index (χ0) is 31.3. The number of thioether (sulfide) groups is 1. The van der Waals surface area contributed by atoms with E-state index in [2.05, 4.69) is 16.0 Å². The van der Waals surface area contributed by atoms with Gasteiger partial charge in [-0.1, -0.05) is 36.4 Å². The fourth-order valence-electron chi connectivity index (χ4n) is 4.13. The second-order valence-corrected chi connectivity index (χ2v) is 10.3. The van der Waals surface area contributed by atoms with Crippen LogP contribution in [0.5, 0.6) is 17.2 Å². The molecule has 0 aliphatic carbocycles. The van der Waals surface area contributed by atoms with Crippen molar-refractivity contribution in [3.05, 3.63) is 114 Å². The zero-order valence-corrected chi connectivity index (χ0v) is 25.4. The van der Waals surface area contributed by atoms with Crippen molar-refractivity contribution in [1.82, 2.24) is 5.32 Å². The summed E-state index contributed by atoms with van der Waals surface area (Å²) in [7, 11) is 3.02. The number of hydrogen-bond acceptors (Lipinski definition) is 7. The predicted molar refractivity (Wildman–Crippen MR) is 173 cm³/mol. The molecule has 4 aromatic carbocycles. The summed E-state index contributed by atoms with van der Waals surface area (Å²) in [6.07, 6.45) is 1.53. The van der Waals surface area contributed by atoms with E-state index in [0.717, 1.165) is 10.6 Å². The van der Waals surface area contributed by atoms with E-state index in [-0.39, 0.29) is 17.4 Å². The molecule has 0 aliphatic heterocycles. The molecule has 0 spiro atoms. The highest BCUT2D eigenvalue weighted by molar-refractivity contribution is 8.00. The Labute approximate surface area is 260 Å². The third kappa shape index (κ3) is 8.89. The van der Waals surface area contributed by atoms with Gasteiger partial charge >= 0.3 is 0 Å². The zero-order valence-electron chi connectivity index (χ0n) is 24.6. The molecule has 0 radical (unpaired) electrons. The molecule has 226 valence electrons. The molecule has 0 aromatic heterocycles. The lowest BCUT2D eigenvalue weighted by molar-refractivity contribution is -0.114. The molecule has 0 fully saturated rings. The Hall–Kier alpha value is -5.22. The first-order valence-corrected chi connectivity index (χ1v) is 14.7. The van der Waals surface area contributed by atoms with Gasteiger partial charge in [0.05, 0.1) is 26.6 Å². The number of benzene rings is 4. The second kappa shape index (κ2) is 15.9. The molecule has 3 N–H and O–H groups in total. The van der Waals surface area contributed by atoms with Crippen LogP contribution < -0.4 is 30.2 Å². The molecule has 0 saturated carbocycles. The quantitative estimate of drug-likeness (QED) is 0.121. The lowest BCUT2D eigenvalue weighted by Gasteiger charge is -2.14. The summed E-state index contributed by atoms with van der Waals surface area (Å²) >= 11 is 1.33. The average molecular weight is 612 g/mol. The van der Waals surface area contributed by atoms with E-state index < -0.39 is 11.8 Å². The molecule has 0 saturated heterocycles. The maximum Gasteiger partial charge on any atom is 0.272 e. The van der Waals surface area contributed by atoms with Crippen LogP contribution in [0.1, 0.15) is 22.8 Å². The normalized spacial score (nSPS) is 10.8. The molecule has 9 nitrogen and oxygen atoms in total. The van der Waals surface area contributed by atoms with Gasteiger partial charge in [0.2, 0.25) is 5.91 Å². The highest BCUT2D eigenvalue weighted by atomic mass is 32.2. The minimum Gasteiger partial charge on any atom is -0.494 e. The Morgan fingerprint density at radius 1 is 0.795 bits per heavy atom. The van der Waals surface area contributed by atoms with Gasteiger partial charge in [-0.05, 0) is 73.7 Å². The Balaban J connectivity index is 1.48. The summed E-state index contributed by atoms with van der Waals surface area (Å²) in [4.78, 5) is 39.9. The van der Waals surface area contributed by atoms with Gasteiger partial charge < -0.3 is 30.2 Å².